The molecule has 0 heterocycles. The molecule has 0 aliphatic rings. The van der Waals surface area contributed by atoms with E-state index in [1.54, 1.807) is 6.07 Å². The van der Waals surface area contributed by atoms with Gasteiger partial charge in [-0.05, 0) is 48.6 Å². The van der Waals surface area contributed by atoms with Crippen LogP contribution >= 0.6 is 22.6 Å². The number of carbonyl (C=O) groups excluding carboxylic acids is 1. The number of hydrogen-bond donors (Lipinski definition) is 2. The van der Waals surface area contributed by atoms with Crippen molar-refractivity contribution in [3.05, 3.63) is 32.9 Å². The molecule has 0 fully saturated rings. The minimum atomic E-state index is -1.05. The average Bonchev–Trinajstić information content (AvgIpc) is 2.21. The van der Waals surface area contributed by atoms with Gasteiger partial charge in [-0.2, -0.15) is 0 Å². The first-order valence-electron chi connectivity index (χ1n) is 4.71. The molecule has 0 aliphatic carbocycles. The standard InChI is InChI=1S/C11H12INO3/c1-6-3-4-9(12)8(5-6)10(14)13-7(2)11(15)16/h3-5,7H,1-2H3,(H,13,14)(H,15,16)/t7-/m1/s1. The SMILES string of the molecule is Cc1ccc(I)c(C(=O)N[C@H](C)C(=O)O)c1. The van der Waals surface area contributed by atoms with Gasteiger partial charge in [0.25, 0.3) is 5.91 Å². The van der Waals surface area contributed by atoms with Crippen LogP contribution in [0.15, 0.2) is 18.2 Å². The summed E-state index contributed by atoms with van der Waals surface area (Å²) in [5, 5.41) is 11.1. The summed E-state index contributed by atoms with van der Waals surface area (Å²) >= 11 is 2.05. The topological polar surface area (TPSA) is 66.4 Å². The summed E-state index contributed by atoms with van der Waals surface area (Å²) in [6.45, 7) is 3.32. The maximum Gasteiger partial charge on any atom is 0.325 e. The molecule has 0 saturated heterocycles. The molecule has 16 heavy (non-hydrogen) atoms. The molecule has 0 saturated carbocycles. The van der Waals surface area contributed by atoms with Gasteiger partial charge in [0.1, 0.15) is 6.04 Å². The van der Waals surface area contributed by atoms with Gasteiger partial charge in [0.15, 0.2) is 0 Å². The molecule has 1 amide bonds. The van der Waals surface area contributed by atoms with Gasteiger partial charge < -0.3 is 10.4 Å². The zero-order valence-corrected chi connectivity index (χ0v) is 11.1. The molecule has 0 spiro atoms. The lowest BCUT2D eigenvalue weighted by Crippen LogP contribution is -2.38. The first-order valence-corrected chi connectivity index (χ1v) is 5.79. The highest BCUT2D eigenvalue weighted by molar-refractivity contribution is 14.1. The molecule has 1 atom stereocenters. The largest absolute Gasteiger partial charge is 0.480 e. The van der Waals surface area contributed by atoms with Gasteiger partial charge in [0.05, 0.1) is 5.56 Å². The van der Waals surface area contributed by atoms with Crippen molar-refractivity contribution in [2.75, 3.05) is 0 Å². The smallest absolute Gasteiger partial charge is 0.325 e. The van der Waals surface area contributed by atoms with E-state index in [0.717, 1.165) is 9.13 Å². The summed E-state index contributed by atoms with van der Waals surface area (Å²) < 4.78 is 0.804. The summed E-state index contributed by atoms with van der Waals surface area (Å²) in [4.78, 5) is 22.4. The third-order valence-electron chi connectivity index (χ3n) is 2.08. The van der Waals surface area contributed by atoms with Crippen LogP contribution in [0.4, 0.5) is 0 Å². The fourth-order valence-electron chi connectivity index (χ4n) is 1.15. The Kier molecular flexibility index (Phi) is 4.28. The van der Waals surface area contributed by atoms with Gasteiger partial charge >= 0.3 is 5.97 Å². The van der Waals surface area contributed by atoms with Crippen LogP contribution in [0, 0.1) is 10.5 Å². The lowest BCUT2D eigenvalue weighted by atomic mass is 10.1. The number of carbonyl (C=O) groups is 2. The van der Waals surface area contributed by atoms with Crippen molar-refractivity contribution in [1.82, 2.24) is 5.32 Å². The summed E-state index contributed by atoms with van der Waals surface area (Å²) in [6.07, 6.45) is 0. The fraction of sp³-hybridized carbons (Fsp3) is 0.273. The molecular formula is C11H12INO3. The Labute approximate surface area is 107 Å². The minimum Gasteiger partial charge on any atom is -0.480 e. The van der Waals surface area contributed by atoms with Crippen LogP contribution in [-0.4, -0.2) is 23.0 Å². The average molecular weight is 333 g/mol. The van der Waals surface area contributed by atoms with Crippen molar-refractivity contribution >= 4 is 34.5 Å². The third-order valence-corrected chi connectivity index (χ3v) is 3.03. The molecule has 0 aliphatic heterocycles. The first-order chi connectivity index (χ1) is 7.41. The molecule has 0 aromatic heterocycles. The Morgan fingerprint density at radius 3 is 2.62 bits per heavy atom. The van der Waals surface area contributed by atoms with Gasteiger partial charge in [-0.25, -0.2) is 0 Å². The quantitative estimate of drug-likeness (QED) is 0.829. The van der Waals surface area contributed by atoms with E-state index in [0.29, 0.717) is 5.56 Å². The van der Waals surface area contributed by atoms with E-state index in [2.05, 4.69) is 5.32 Å². The Morgan fingerprint density at radius 1 is 1.44 bits per heavy atom. The molecule has 1 rings (SSSR count). The van der Waals surface area contributed by atoms with Crippen LogP contribution in [0.5, 0.6) is 0 Å². The van der Waals surface area contributed by atoms with Crippen LogP contribution in [0.2, 0.25) is 0 Å². The molecule has 0 bridgehead atoms. The van der Waals surface area contributed by atoms with Crippen molar-refractivity contribution in [3.63, 3.8) is 0 Å². The van der Waals surface area contributed by atoms with E-state index in [1.807, 2.05) is 41.6 Å². The lowest BCUT2D eigenvalue weighted by Gasteiger charge is -2.10. The second-order valence-electron chi connectivity index (χ2n) is 3.52. The van der Waals surface area contributed by atoms with Crippen molar-refractivity contribution in [2.24, 2.45) is 0 Å². The maximum absolute atomic E-state index is 11.8. The third kappa shape index (κ3) is 3.19. The normalized spacial score (nSPS) is 11.9. The number of nitrogens with one attached hydrogen (secondary N) is 1. The number of halogens is 1. The Morgan fingerprint density at radius 2 is 2.06 bits per heavy atom. The molecule has 4 nitrogen and oxygen atoms in total. The Balaban J connectivity index is 2.88. The van der Waals surface area contributed by atoms with Crippen LogP contribution in [0.3, 0.4) is 0 Å². The second kappa shape index (κ2) is 5.29. The lowest BCUT2D eigenvalue weighted by molar-refractivity contribution is -0.138. The summed E-state index contributed by atoms with van der Waals surface area (Å²) in [5.41, 5.74) is 1.47. The maximum atomic E-state index is 11.8. The number of aliphatic carboxylic acids is 1. The van der Waals surface area contributed by atoms with E-state index < -0.39 is 12.0 Å². The summed E-state index contributed by atoms with van der Waals surface area (Å²) in [7, 11) is 0. The van der Waals surface area contributed by atoms with Crippen LogP contribution in [0.25, 0.3) is 0 Å². The number of rotatable bonds is 3. The number of aryl methyl sites for hydroxylation is 1. The van der Waals surface area contributed by atoms with E-state index in [1.165, 1.54) is 6.92 Å². The second-order valence-corrected chi connectivity index (χ2v) is 4.68. The molecule has 86 valence electrons. The van der Waals surface area contributed by atoms with Crippen LogP contribution in [0.1, 0.15) is 22.8 Å². The molecule has 0 radical (unpaired) electrons. The number of benzene rings is 1. The molecular weight excluding hydrogens is 321 g/mol. The Hall–Kier alpha value is -1.11. The minimum absolute atomic E-state index is 0.358. The van der Waals surface area contributed by atoms with Crippen molar-refractivity contribution in [1.29, 1.82) is 0 Å². The van der Waals surface area contributed by atoms with E-state index >= 15 is 0 Å². The fourth-order valence-corrected chi connectivity index (χ4v) is 1.73. The molecule has 1 aromatic carbocycles. The molecule has 1 aromatic rings. The van der Waals surface area contributed by atoms with Crippen molar-refractivity contribution in [3.8, 4) is 0 Å². The monoisotopic (exact) mass is 333 g/mol. The van der Waals surface area contributed by atoms with Gasteiger partial charge in [-0.3, -0.25) is 9.59 Å². The van der Waals surface area contributed by atoms with Crippen molar-refractivity contribution in [2.45, 2.75) is 19.9 Å². The van der Waals surface area contributed by atoms with Gasteiger partial charge in [0.2, 0.25) is 0 Å². The highest BCUT2D eigenvalue weighted by Gasteiger charge is 2.16. The van der Waals surface area contributed by atoms with E-state index in [9.17, 15) is 9.59 Å². The highest BCUT2D eigenvalue weighted by atomic mass is 127. The van der Waals surface area contributed by atoms with Gasteiger partial charge in [-0.15, -0.1) is 0 Å². The zero-order valence-electron chi connectivity index (χ0n) is 8.95. The Bertz CT molecular complexity index is 431. The van der Waals surface area contributed by atoms with E-state index in [4.69, 9.17) is 5.11 Å². The highest BCUT2D eigenvalue weighted by Crippen LogP contribution is 2.14. The summed E-state index contributed by atoms with van der Waals surface area (Å²) in [6, 6.07) is 4.59. The summed E-state index contributed by atoms with van der Waals surface area (Å²) in [5.74, 6) is -1.40. The molecule has 0 unspecified atom stereocenters. The zero-order chi connectivity index (χ0) is 12.3. The number of hydrogen-bond acceptors (Lipinski definition) is 2. The molecule has 5 heteroatoms. The number of carboxylic acid groups (broad SMARTS) is 1. The van der Waals surface area contributed by atoms with Crippen LogP contribution < -0.4 is 5.32 Å². The van der Waals surface area contributed by atoms with Crippen LogP contribution in [-0.2, 0) is 4.79 Å². The number of amides is 1. The number of carboxylic acids is 1. The molecule has 2 N–H and O–H groups in total. The van der Waals surface area contributed by atoms with E-state index in [-0.39, 0.29) is 5.91 Å². The van der Waals surface area contributed by atoms with Gasteiger partial charge in [-0.1, -0.05) is 11.6 Å². The first kappa shape index (κ1) is 13.0. The van der Waals surface area contributed by atoms with Crippen molar-refractivity contribution < 1.29 is 14.7 Å². The predicted octanol–water partition coefficient (Wildman–Crippen LogP) is 1.80. The van der Waals surface area contributed by atoms with Gasteiger partial charge in [0, 0.05) is 3.57 Å². The predicted molar refractivity (Wildman–Crippen MR) is 68.5 cm³/mol.